The molecule has 0 spiro atoms. The standard InChI is InChI=1S/C16H15N3O4/c1-11(20)17-13-7-4-12(5-8-13)6-9-15(21)18-19-16(22)14-3-2-10-23-14/h2-10H,1H3,(H,17,20)(H,18,21)(H,19,22). The smallest absolute Gasteiger partial charge is 0.305 e. The second kappa shape index (κ2) is 7.60. The largest absolute Gasteiger partial charge is 0.459 e. The molecule has 7 nitrogen and oxygen atoms in total. The van der Waals surface area contributed by atoms with Crippen LogP contribution in [-0.2, 0) is 9.59 Å². The van der Waals surface area contributed by atoms with Crippen molar-refractivity contribution in [1.29, 1.82) is 0 Å². The topological polar surface area (TPSA) is 100 Å². The van der Waals surface area contributed by atoms with E-state index in [0.29, 0.717) is 5.69 Å². The highest BCUT2D eigenvalue weighted by molar-refractivity contribution is 5.96. The van der Waals surface area contributed by atoms with Gasteiger partial charge in [-0.25, -0.2) is 0 Å². The van der Waals surface area contributed by atoms with Crippen molar-refractivity contribution in [3.05, 3.63) is 60.1 Å². The first-order valence-electron chi connectivity index (χ1n) is 6.74. The van der Waals surface area contributed by atoms with Crippen LogP contribution in [0.5, 0.6) is 0 Å². The van der Waals surface area contributed by atoms with E-state index in [-0.39, 0.29) is 11.7 Å². The second-order valence-electron chi connectivity index (χ2n) is 4.56. The van der Waals surface area contributed by atoms with Crippen LogP contribution in [0, 0.1) is 0 Å². The van der Waals surface area contributed by atoms with Crippen molar-refractivity contribution in [2.24, 2.45) is 0 Å². The molecule has 118 valence electrons. The molecule has 0 aliphatic heterocycles. The number of benzene rings is 1. The molecule has 1 heterocycles. The van der Waals surface area contributed by atoms with E-state index in [4.69, 9.17) is 4.42 Å². The number of nitrogens with one attached hydrogen (secondary N) is 3. The molecule has 3 N–H and O–H groups in total. The molecule has 1 aromatic heterocycles. The van der Waals surface area contributed by atoms with E-state index in [9.17, 15) is 14.4 Å². The molecule has 0 saturated carbocycles. The number of hydrazine groups is 1. The Morgan fingerprint density at radius 2 is 1.78 bits per heavy atom. The normalized spacial score (nSPS) is 10.3. The second-order valence-corrected chi connectivity index (χ2v) is 4.56. The van der Waals surface area contributed by atoms with Gasteiger partial charge in [0.1, 0.15) is 0 Å². The highest BCUT2D eigenvalue weighted by Crippen LogP contribution is 2.10. The first-order valence-corrected chi connectivity index (χ1v) is 6.74. The van der Waals surface area contributed by atoms with E-state index in [2.05, 4.69) is 16.2 Å². The Hall–Kier alpha value is -3.35. The lowest BCUT2D eigenvalue weighted by Crippen LogP contribution is -2.40. The minimum absolute atomic E-state index is 0.0999. The fourth-order valence-corrected chi connectivity index (χ4v) is 1.68. The molecule has 23 heavy (non-hydrogen) atoms. The summed E-state index contributed by atoms with van der Waals surface area (Å²) in [5.41, 5.74) is 5.90. The molecule has 0 fully saturated rings. The van der Waals surface area contributed by atoms with Crippen molar-refractivity contribution >= 4 is 29.5 Å². The van der Waals surface area contributed by atoms with Gasteiger partial charge in [0.25, 0.3) is 5.91 Å². The predicted molar refractivity (Wildman–Crippen MR) is 84.1 cm³/mol. The molecular formula is C16H15N3O4. The maximum atomic E-state index is 11.6. The summed E-state index contributed by atoms with van der Waals surface area (Å²) < 4.78 is 4.88. The molecule has 0 atom stereocenters. The average Bonchev–Trinajstić information content (AvgIpc) is 3.06. The molecule has 0 bridgehead atoms. The number of carbonyl (C=O) groups is 3. The van der Waals surface area contributed by atoms with Crippen LogP contribution in [0.4, 0.5) is 5.69 Å². The van der Waals surface area contributed by atoms with Gasteiger partial charge in [-0.2, -0.15) is 0 Å². The van der Waals surface area contributed by atoms with Gasteiger partial charge in [-0.15, -0.1) is 0 Å². The molecule has 1 aromatic carbocycles. The first kappa shape index (κ1) is 16.0. The van der Waals surface area contributed by atoms with E-state index in [1.165, 1.54) is 25.3 Å². The van der Waals surface area contributed by atoms with E-state index < -0.39 is 11.8 Å². The van der Waals surface area contributed by atoms with Gasteiger partial charge in [0, 0.05) is 18.7 Å². The SMILES string of the molecule is CC(=O)Nc1ccc(C=CC(=O)NNC(=O)c2ccco2)cc1. The number of amides is 3. The quantitative estimate of drug-likeness (QED) is 0.591. The van der Waals surface area contributed by atoms with Crippen LogP contribution in [-0.4, -0.2) is 17.7 Å². The van der Waals surface area contributed by atoms with Crippen LogP contribution in [0.2, 0.25) is 0 Å². The van der Waals surface area contributed by atoms with Gasteiger partial charge in [0.2, 0.25) is 5.91 Å². The molecule has 0 saturated heterocycles. The van der Waals surface area contributed by atoms with Crippen molar-refractivity contribution in [2.75, 3.05) is 5.32 Å². The number of anilines is 1. The first-order chi connectivity index (χ1) is 11.0. The predicted octanol–water partition coefficient (Wildman–Crippen LogP) is 1.71. The lowest BCUT2D eigenvalue weighted by molar-refractivity contribution is -0.117. The maximum absolute atomic E-state index is 11.6. The molecule has 2 aromatic rings. The Bertz CT molecular complexity index is 718. The Morgan fingerprint density at radius 3 is 2.39 bits per heavy atom. The number of furan rings is 1. The Balaban J connectivity index is 1.83. The summed E-state index contributed by atoms with van der Waals surface area (Å²) in [5, 5.41) is 2.64. The summed E-state index contributed by atoms with van der Waals surface area (Å²) >= 11 is 0. The molecule has 3 amide bonds. The zero-order valence-electron chi connectivity index (χ0n) is 12.3. The third kappa shape index (κ3) is 5.16. The molecule has 2 rings (SSSR count). The van der Waals surface area contributed by atoms with Gasteiger partial charge in [-0.1, -0.05) is 12.1 Å². The minimum atomic E-state index is -0.545. The van der Waals surface area contributed by atoms with E-state index in [0.717, 1.165) is 5.56 Å². The highest BCUT2D eigenvalue weighted by Gasteiger charge is 2.07. The lowest BCUT2D eigenvalue weighted by Gasteiger charge is -2.03. The number of carbonyl (C=O) groups excluding carboxylic acids is 3. The molecule has 0 unspecified atom stereocenters. The van der Waals surface area contributed by atoms with Crippen molar-refractivity contribution in [3.8, 4) is 0 Å². The summed E-state index contributed by atoms with van der Waals surface area (Å²) in [7, 11) is 0. The summed E-state index contributed by atoms with van der Waals surface area (Å²) in [6, 6.07) is 9.98. The molecule has 0 radical (unpaired) electrons. The van der Waals surface area contributed by atoms with Gasteiger partial charge in [0.05, 0.1) is 6.26 Å². The van der Waals surface area contributed by atoms with Crippen LogP contribution in [0.15, 0.2) is 53.2 Å². The van der Waals surface area contributed by atoms with Crippen LogP contribution in [0.25, 0.3) is 6.08 Å². The lowest BCUT2D eigenvalue weighted by atomic mass is 10.2. The van der Waals surface area contributed by atoms with Gasteiger partial charge >= 0.3 is 5.91 Å². The summed E-state index contributed by atoms with van der Waals surface area (Å²) in [6.07, 6.45) is 4.21. The van der Waals surface area contributed by atoms with E-state index in [1.807, 2.05) is 0 Å². The summed E-state index contributed by atoms with van der Waals surface area (Å²) in [6.45, 7) is 1.43. The van der Waals surface area contributed by atoms with Crippen LogP contribution < -0.4 is 16.2 Å². The monoisotopic (exact) mass is 313 g/mol. The fourth-order valence-electron chi connectivity index (χ4n) is 1.68. The Kier molecular flexibility index (Phi) is 5.30. The third-order valence-corrected chi connectivity index (χ3v) is 2.70. The molecular weight excluding hydrogens is 298 g/mol. The summed E-state index contributed by atoms with van der Waals surface area (Å²) in [5.74, 6) is -1.09. The Labute approximate surface area is 132 Å². The number of rotatable bonds is 4. The van der Waals surface area contributed by atoms with E-state index in [1.54, 1.807) is 36.4 Å². The van der Waals surface area contributed by atoms with E-state index >= 15 is 0 Å². The van der Waals surface area contributed by atoms with Crippen LogP contribution in [0.1, 0.15) is 23.0 Å². The minimum Gasteiger partial charge on any atom is -0.459 e. The number of hydrogen-bond acceptors (Lipinski definition) is 4. The highest BCUT2D eigenvalue weighted by atomic mass is 16.3. The van der Waals surface area contributed by atoms with Crippen molar-refractivity contribution in [2.45, 2.75) is 6.92 Å². The van der Waals surface area contributed by atoms with Gasteiger partial charge < -0.3 is 9.73 Å². The molecule has 7 heteroatoms. The van der Waals surface area contributed by atoms with Crippen molar-refractivity contribution < 1.29 is 18.8 Å². The zero-order valence-corrected chi connectivity index (χ0v) is 12.3. The Morgan fingerprint density at radius 1 is 1.04 bits per heavy atom. The fraction of sp³-hybridized carbons (Fsp3) is 0.0625. The van der Waals surface area contributed by atoms with Crippen molar-refractivity contribution in [3.63, 3.8) is 0 Å². The number of hydrogen-bond donors (Lipinski definition) is 3. The molecule has 0 aliphatic rings. The van der Waals surface area contributed by atoms with Crippen molar-refractivity contribution in [1.82, 2.24) is 10.9 Å². The van der Waals surface area contributed by atoms with Crippen LogP contribution >= 0.6 is 0 Å². The molecule has 0 aliphatic carbocycles. The zero-order chi connectivity index (χ0) is 16.7. The average molecular weight is 313 g/mol. The van der Waals surface area contributed by atoms with Crippen LogP contribution in [0.3, 0.4) is 0 Å². The third-order valence-electron chi connectivity index (χ3n) is 2.70. The summed E-state index contributed by atoms with van der Waals surface area (Å²) in [4.78, 5) is 34.0. The maximum Gasteiger partial charge on any atom is 0.305 e. The van der Waals surface area contributed by atoms with Gasteiger partial charge in [0.15, 0.2) is 5.76 Å². The van der Waals surface area contributed by atoms with Gasteiger partial charge in [-0.05, 0) is 35.9 Å². The van der Waals surface area contributed by atoms with Gasteiger partial charge in [-0.3, -0.25) is 25.2 Å².